The van der Waals surface area contributed by atoms with Gasteiger partial charge in [0.05, 0.1) is 0 Å². The largest absolute Gasteiger partial charge is 0.310 e. The monoisotopic (exact) mass is 353 g/mol. The van der Waals surface area contributed by atoms with Crippen LogP contribution in [0.5, 0.6) is 0 Å². The summed E-state index contributed by atoms with van der Waals surface area (Å²) in [6.07, 6.45) is 0.613. The Morgan fingerprint density at radius 2 is 1.86 bits per heavy atom. The van der Waals surface area contributed by atoms with E-state index in [9.17, 15) is 8.78 Å². The molecule has 2 rings (SSSR count). The van der Waals surface area contributed by atoms with Crippen LogP contribution in [0.1, 0.15) is 29.7 Å². The standard InChI is InChI=1S/C17H18BrF2N/c1-3-21-17(14-10-13(18)6-4-11(14)2)9-12-5-7-15(19)16(20)8-12/h4-8,10,17,21H,3,9H2,1-2H3. The molecule has 0 fully saturated rings. The van der Waals surface area contributed by atoms with Crippen LogP contribution in [-0.2, 0) is 6.42 Å². The highest BCUT2D eigenvalue weighted by atomic mass is 79.9. The average molecular weight is 354 g/mol. The van der Waals surface area contributed by atoms with Crippen molar-refractivity contribution in [3.05, 3.63) is 69.2 Å². The highest BCUT2D eigenvalue weighted by molar-refractivity contribution is 9.10. The molecule has 0 aromatic heterocycles. The van der Waals surface area contributed by atoms with Crippen molar-refractivity contribution in [3.63, 3.8) is 0 Å². The van der Waals surface area contributed by atoms with Crippen LogP contribution in [0.3, 0.4) is 0 Å². The van der Waals surface area contributed by atoms with Gasteiger partial charge in [-0.2, -0.15) is 0 Å². The van der Waals surface area contributed by atoms with Crippen LogP contribution in [-0.4, -0.2) is 6.54 Å². The van der Waals surface area contributed by atoms with Crippen molar-refractivity contribution in [1.29, 1.82) is 0 Å². The topological polar surface area (TPSA) is 12.0 Å². The van der Waals surface area contributed by atoms with E-state index in [0.29, 0.717) is 6.42 Å². The molecule has 0 spiro atoms. The number of rotatable bonds is 5. The maximum absolute atomic E-state index is 13.4. The number of hydrogen-bond donors (Lipinski definition) is 1. The molecule has 2 aromatic carbocycles. The van der Waals surface area contributed by atoms with Gasteiger partial charge in [-0.25, -0.2) is 8.78 Å². The van der Waals surface area contributed by atoms with E-state index in [1.165, 1.54) is 17.7 Å². The molecule has 0 radical (unpaired) electrons. The highest BCUT2D eigenvalue weighted by Gasteiger charge is 2.15. The van der Waals surface area contributed by atoms with Crippen LogP contribution < -0.4 is 5.32 Å². The lowest BCUT2D eigenvalue weighted by molar-refractivity contribution is 0.502. The quantitative estimate of drug-likeness (QED) is 0.803. The van der Waals surface area contributed by atoms with Crippen LogP contribution in [0.2, 0.25) is 0 Å². The molecule has 0 aliphatic rings. The molecule has 0 amide bonds. The lowest BCUT2D eigenvalue weighted by atomic mass is 9.95. The molecule has 21 heavy (non-hydrogen) atoms. The van der Waals surface area contributed by atoms with Gasteiger partial charge < -0.3 is 5.32 Å². The number of halogens is 3. The molecule has 4 heteroatoms. The molecular weight excluding hydrogens is 336 g/mol. The zero-order valence-corrected chi connectivity index (χ0v) is 13.7. The molecular formula is C17H18BrF2N. The van der Waals surface area contributed by atoms with Crippen molar-refractivity contribution in [3.8, 4) is 0 Å². The van der Waals surface area contributed by atoms with Gasteiger partial charge in [0.2, 0.25) is 0 Å². The molecule has 1 unspecified atom stereocenters. The predicted molar refractivity (Wildman–Crippen MR) is 85.4 cm³/mol. The summed E-state index contributed by atoms with van der Waals surface area (Å²) in [6, 6.07) is 10.3. The average Bonchev–Trinajstić information content (AvgIpc) is 2.45. The fourth-order valence-corrected chi connectivity index (χ4v) is 2.81. The first-order valence-corrected chi connectivity index (χ1v) is 7.74. The van der Waals surface area contributed by atoms with Crippen molar-refractivity contribution in [1.82, 2.24) is 5.32 Å². The summed E-state index contributed by atoms with van der Waals surface area (Å²) < 4.78 is 27.4. The van der Waals surface area contributed by atoms with Crippen LogP contribution in [0.15, 0.2) is 40.9 Å². The van der Waals surface area contributed by atoms with Gasteiger partial charge in [-0.3, -0.25) is 0 Å². The maximum atomic E-state index is 13.4. The Morgan fingerprint density at radius 1 is 1.10 bits per heavy atom. The van der Waals surface area contributed by atoms with Crippen LogP contribution in [0, 0.1) is 18.6 Å². The second kappa shape index (κ2) is 7.14. The molecule has 0 saturated carbocycles. The van der Waals surface area contributed by atoms with Gasteiger partial charge in [0, 0.05) is 10.5 Å². The Morgan fingerprint density at radius 3 is 2.52 bits per heavy atom. The molecule has 2 aromatic rings. The van der Waals surface area contributed by atoms with Crippen molar-refractivity contribution in [2.45, 2.75) is 26.3 Å². The third-order valence-electron chi connectivity index (χ3n) is 3.49. The van der Waals surface area contributed by atoms with E-state index in [1.54, 1.807) is 6.07 Å². The Kier molecular flexibility index (Phi) is 5.48. The normalized spacial score (nSPS) is 12.4. The lowest BCUT2D eigenvalue weighted by Crippen LogP contribution is -2.23. The smallest absolute Gasteiger partial charge is 0.159 e. The number of nitrogens with one attached hydrogen (secondary N) is 1. The first-order valence-electron chi connectivity index (χ1n) is 6.94. The third-order valence-corrected chi connectivity index (χ3v) is 3.98. The second-order valence-corrected chi connectivity index (χ2v) is 5.98. The van der Waals surface area contributed by atoms with E-state index >= 15 is 0 Å². The van der Waals surface area contributed by atoms with Gasteiger partial charge >= 0.3 is 0 Å². The van der Waals surface area contributed by atoms with Gasteiger partial charge in [-0.15, -0.1) is 0 Å². The van der Waals surface area contributed by atoms with Crippen molar-refractivity contribution in [2.75, 3.05) is 6.54 Å². The minimum atomic E-state index is -0.808. The Balaban J connectivity index is 2.30. The minimum Gasteiger partial charge on any atom is -0.310 e. The van der Waals surface area contributed by atoms with Crippen molar-refractivity contribution >= 4 is 15.9 Å². The summed E-state index contributed by atoms with van der Waals surface area (Å²) in [7, 11) is 0. The van der Waals surface area contributed by atoms with E-state index in [2.05, 4.69) is 40.3 Å². The Hall–Kier alpha value is -1.26. The van der Waals surface area contributed by atoms with E-state index in [4.69, 9.17) is 0 Å². The molecule has 0 aliphatic heterocycles. The minimum absolute atomic E-state index is 0.0670. The van der Waals surface area contributed by atoms with Crippen LogP contribution >= 0.6 is 15.9 Å². The maximum Gasteiger partial charge on any atom is 0.159 e. The summed E-state index contributed by atoms with van der Waals surface area (Å²) in [6.45, 7) is 4.89. The Bertz CT molecular complexity index is 628. The van der Waals surface area contributed by atoms with Gasteiger partial charge in [-0.1, -0.05) is 35.0 Å². The van der Waals surface area contributed by atoms with Crippen molar-refractivity contribution < 1.29 is 8.78 Å². The fourth-order valence-electron chi connectivity index (χ4n) is 2.43. The van der Waals surface area contributed by atoms with E-state index in [0.717, 1.165) is 22.1 Å². The summed E-state index contributed by atoms with van der Waals surface area (Å²) >= 11 is 3.48. The SMILES string of the molecule is CCNC(Cc1ccc(F)c(F)c1)c1cc(Br)ccc1C. The number of benzene rings is 2. The highest BCUT2D eigenvalue weighted by Crippen LogP contribution is 2.25. The first-order chi connectivity index (χ1) is 10.0. The summed E-state index contributed by atoms with van der Waals surface area (Å²) in [4.78, 5) is 0. The Labute approximate surface area is 132 Å². The number of hydrogen-bond acceptors (Lipinski definition) is 1. The zero-order chi connectivity index (χ0) is 15.4. The van der Waals surface area contributed by atoms with Gasteiger partial charge in [0.25, 0.3) is 0 Å². The molecule has 1 atom stereocenters. The second-order valence-electron chi connectivity index (χ2n) is 5.06. The first kappa shape index (κ1) is 16.1. The van der Waals surface area contributed by atoms with Gasteiger partial charge in [0.15, 0.2) is 11.6 Å². The number of likely N-dealkylation sites (N-methyl/N-ethyl adjacent to an activating group) is 1. The lowest BCUT2D eigenvalue weighted by Gasteiger charge is -2.21. The predicted octanol–water partition coefficient (Wildman–Crippen LogP) is 4.93. The summed E-state index contributed by atoms with van der Waals surface area (Å²) in [5.41, 5.74) is 3.11. The molecule has 112 valence electrons. The van der Waals surface area contributed by atoms with E-state index < -0.39 is 11.6 Å². The van der Waals surface area contributed by atoms with E-state index in [-0.39, 0.29) is 6.04 Å². The van der Waals surface area contributed by atoms with Crippen LogP contribution in [0.25, 0.3) is 0 Å². The molecule has 1 N–H and O–H groups in total. The van der Waals surface area contributed by atoms with Gasteiger partial charge in [0.1, 0.15) is 0 Å². The molecule has 1 nitrogen and oxygen atoms in total. The van der Waals surface area contributed by atoms with Gasteiger partial charge in [-0.05, 0) is 60.8 Å². The molecule has 0 aliphatic carbocycles. The summed E-state index contributed by atoms with van der Waals surface area (Å²) in [5.74, 6) is -1.61. The van der Waals surface area contributed by atoms with Crippen LogP contribution in [0.4, 0.5) is 8.78 Å². The molecule has 0 heterocycles. The summed E-state index contributed by atoms with van der Waals surface area (Å²) in [5, 5.41) is 3.41. The number of aryl methyl sites for hydroxylation is 1. The van der Waals surface area contributed by atoms with E-state index in [1.807, 2.05) is 13.0 Å². The molecule has 0 saturated heterocycles. The molecule has 0 bridgehead atoms. The third kappa shape index (κ3) is 4.11. The zero-order valence-electron chi connectivity index (χ0n) is 12.1. The van der Waals surface area contributed by atoms with Crippen molar-refractivity contribution in [2.24, 2.45) is 0 Å². The fraction of sp³-hybridized carbons (Fsp3) is 0.294.